The summed E-state index contributed by atoms with van der Waals surface area (Å²) >= 11 is 0. The van der Waals surface area contributed by atoms with Gasteiger partial charge >= 0.3 is 0 Å². The highest BCUT2D eigenvalue weighted by Crippen LogP contribution is 2.11. The molecule has 0 unspecified atom stereocenters. The topological polar surface area (TPSA) is 55.4 Å². The molecule has 0 atom stereocenters. The fourth-order valence-corrected chi connectivity index (χ4v) is 1.93. The lowest BCUT2D eigenvalue weighted by Gasteiger charge is -2.19. The number of Topliss-reactive ketones (excluding diaryl/α,β-unsaturated/α-hetero) is 1. The first-order chi connectivity index (χ1) is 9.24. The Morgan fingerprint density at radius 2 is 1.95 bits per heavy atom. The zero-order chi connectivity index (χ0) is 13.9. The van der Waals surface area contributed by atoms with Crippen LogP contribution >= 0.6 is 0 Å². The van der Waals surface area contributed by atoms with E-state index in [4.69, 9.17) is 0 Å². The van der Waals surface area contributed by atoms with Crippen molar-refractivity contribution in [1.82, 2.24) is 5.32 Å². The lowest BCUT2D eigenvalue weighted by molar-refractivity contribution is -0.129. The molecule has 19 heavy (non-hydrogen) atoms. The molecule has 4 heteroatoms. The molecule has 0 amide bonds. The van der Waals surface area contributed by atoms with E-state index in [1.807, 2.05) is 30.3 Å². The van der Waals surface area contributed by atoms with E-state index in [0.717, 1.165) is 31.5 Å². The zero-order valence-corrected chi connectivity index (χ0v) is 11.3. The van der Waals surface area contributed by atoms with E-state index in [1.165, 1.54) is 0 Å². The van der Waals surface area contributed by atoms with Crippen LogP contribution in [0.25, 0.3) is 0 Å². The van der Waals surface area contributed by atoms with Gasteiger partial charge in [0.15, 0.2) is 0 Å². The van der Waals surface area contributed by atoms with Crippen LogP contribution in [-0.4, -0.2) is 25.3 Å². The number of piperidine rings is 1. The summed E-state index contributed by atoms with van der Waals surface area (Å²) in [6, 6.07) is 9.55. The Bertz CT molecular complexity index is 372. The van der Waals surface area contributed by atoms with Crippen molar-refractivity contribution in [2.24, 2.45) is 5.92 Å². The zero-order valence-electron chi connectivity index (χ0n) is 11.3. The predicted molar refractivity (Wildman–Crippen MR) is 73.6 cm³/mol. The second kappa shape index (κ2) is 9.28. The number of hydrogen-bond donors (Lipinski definition) is 1. The van der Waals surface area contributed by atoms with Crippen molar-refractivity contribution in [2.75, 3.05) is 13.1 Å². The van der Waals surface area contributed by atoms with Gasteiger partial charge in [0.2, 0.25) is 0 Å². The molecule has 1 aliphatic heterocycles. The molecule has 0 aromatic heterocycles. The van der Waals surface area contributed by atoms with Crippen LogP contribution in [0, 0.1) is 5.92 Å². The van der Waals surface area contributed by atoms with Crippen LogP contribution < -0.4 is 5.32 Å². The predicted octanol–water partition coefficient (Wildman–Crippen LogP) is 1.93. The van der Waals surface area contributed by atoms with E-state index < -0.39 is 0 Å². The maximum atomic E-state index is 10.8. The summed E-state index contributed by atoms with van der Waals surface area (Å²) in [7, 11) is 0. The first kappa shape index (κ1) is 15.4. The quantitative estimate of drug-likeness (QED) is 0.843. The van der Waals surface area contributed by atoms with Gasteiger partial charge in [-0.05, 0) is 38.4 Å². The fourth-order valence-electron chi connectivity index (χ4n) is 1.93. The highest BCUT2D eigenvalue weighted by molar-refractivity contribution is 5.78. The molecule has 1 heterocycles. The van der Waals surface area contributed by atoms with Gasteiger partial charge in [-0.25, -0.2) is 0 Å². The van der Waals surface area contributed by atoms with Gasteiger partial charge in [0.25, 0.3) is 6.47 Å². The number of carbonyl (C=O) groups excluding carboxylic acids is 2. The minimum atomic E-state index is 0.353. The minimum Gasteiger partial charge on any atom is -0.463 e. The van der Waals surface area contributed by atoms with Crippen molar-refractivity contribution in [3.8, 4) is 0 Å². The smallest absolute Gasteiger partial charge is 0.293 e. The van der Waals surface area contributed by atoms with Gasteiger partial charge in [0.05, 0.1) is 0 Å². The lowest BCUT2D eigenvalue weighted by Crippen LogP contribution is -2.30. The standard InChI is InChI=1S/C8H8O2.C7H13NO/c9-7-10-6-8-4-2-1-3-5-8;1-6(9)7-2-4-8-5-3-7/h1-5,7H,6H2;7-8H,2-5H2,1H3. The Morgan fingerprint density at radius 1 is 1.32 bits per heavy atom. The Balaban J connectivity index is 0.000000191. The number of ketones is 1. The summed E-state index contributed by atoms with van der Waals surface area (Å²) in [4.78, 5) is 20.5. The normalized spacial score (nSPS) is 15.0. The first-order valence-electron chi connectivity index (χ1n) is 6.54. The number of hydrogen-bond acceptors (Lipinski definition) is 4. The van der Waals surface area contributed by atoms with Gasteiger partial charge in [-0.15, -0.1) is 0 Å². The average Bonchev–Trinajstić information content (AvgIpc) is 2.48. The SMILES string of the molecule is CC(=O)C1CCNCC1.O=COCc1ccccc1. The van der Waals surface area contributed by atoms with Crippen LogP contribution in [0.1, 0.15) is 25.3 Å². The second-order valence-electron chi connectivity index (χ2n) is 4.53. The van der Waals surface area contributed by atoms with Crippen LogP contribution in [0.3, 0.4) is 0 Å². The molecule has 2 rings (SSSR count). The van der Waals surface area contributed by atoms with Crippen LogP contribution in [0.5, 0.6) is 0 Å². The molecule has 0 saturated carbocycles. The molecule has 0 bridgehead atoms. The largest absolute Gasteiger partial charge is 0.463 e. The van der Waals surface area contributed by atoms with Crippen molar-refractivity contribution in [3.05, 3.63) is 35.9 Å². The van der Waals surface area contributed by atoms with Crippen molar-refractivity contribution < 1.29 is 14.3 Å². The average molecular weight is 263 g/mol. The Labute approximate surface area is 114 Å². The summed E-state index contributed by atoms with van der Waals surface area (Å²) in [5.41, 5.74) is 1.01. The van der Waals surface area contributed by atoms with Gasteiger partial charge in [-0.2, -0.15) is 0 Å². The van der Waals surface area contributed by atoms with Crippen molar-refractivity contribution in [1.29, 1.82) is 0 Å². The molecule has 0 radical (unpaired) electrons. The van der Waals surface area contributed by atoms with E-state index in [0.29, 0.717) is 24.8 Å². The van der Waals surface area contributed by atoms with Crippen LogP contribution in [0.4, 0.5) is 0 Å². The van der Waals surface area contributed by atoms with E-state index in [1.54, 1.807) is 6.92 Å². The summed E-state index contributed by atoms with van der Waals surface area (Å²) in [6.45, 7) is 4.54. The highest BCUT2D eigenvalue weighted by atomic mass is 16.5. The van der Waals surface area contributed by atoms with Crippen molar-refractivity contribution in [3.63, 3.8) is 0 Å². The summed E-state index contributed by atoms with van der Waals surface area (Å²) in [5, 5.41) is 3.22. The molecule has 1 N–H and O–H groups in total. The summed E-state index contributed by atoms with van der Waals surface area (Å²) < 4.78 is 4.54. The van der Waals surface area contributed by atoms with Gasteiger partial charge in [-0.1, -0.05) is 30.3 Å². The number of rotatable bonds is 4. The number of ether oxygens (including phenoxy) is 1. The van der Waals surface area contributed by atoms with Crippen molar-refractivity contribution in [2.45, 2.75) is 26.4 Å². The molecular weight excluding hydrogens is 242 g/mol. The molecule has 0 spiro atoms. The Kier molecular flexibility index (Phi) is 7.51. The second-order valence-corrected chi connectivity index (χ2v) is 4.53. The molecule has 1 fully saturated rings. The third-order valence-electron chi connectivity index (χ3n) is 3.07. The molecular formula is C15H21NO3. The molecule has 1 aliphatic rings. The van der Waals surface area contributed by atoms with Gasteiger partial charge < -0.3 is 10.1 Å². The van der Waals surface area contributed by atoms with E-state index in [-0.39, 0.29) is 0 Å². The van der Waals surface area contributed by atoms with E-state index in [9.17, 15) is 9.59 Å². The number of benzene rings is 1. The molecule has 0 aliphatic carbocycles. The Hall–Kier alpha value is -1.68. The van der Waals surface area contributed by atoms with E-state index in [2.05, 4.69) is 10.1 Å². The summed E-state index contributed by atoms with van der Waals surface area (Å²) in [6.07, 6.45) is 2.07. The lowest BCUT2D eigenvalue weighted by atomic mass is 9.95. The van der Waals surface area contributed by atoms with Gasteiger partial charge in [0.1, 0.15) is 12.4 Å². The van der Waals surface area contributed by atoms with Crippen LogP contribution in [0.2, 0.25) is 0 Å². The van der Waals surface area contributed by atoms with Crippen molar-refractivity contribution >= 4 is 12.3 Å². The minimum absolute atomic E-state index is 0.353. The van der Waals surface area contributed by atoms with E-state index >= 15 is 0 Å². The highest BCUT2D eigenvalue weighted by Gasteiger charge is 2.16. The third kappa shape index (κ3) is 6.72. The third-order valence-corrected chi connectivity index (χ3v) is 3.07. The molecule has 4 nitrogen and oxygen atoms in total. The molecule has 104 valence electrons. The monoisotopic (exact) mass is 263 g/mol. The molecule has 1 aromatic carbocycles. The number of carbonyl (C=O) groups is 2. The first-order valence-corrected chi connectivity index (χ1v) is 6.54. The van der Waals surface area contributed by atoms with Gasteiger partial charge in [0, 0.05) is 5.92 Å². The fraction of sp³-hybridized carbons (Fsp3) is 0.467. The maximum absolute atomic E-state index is 10.8. The van der Waals surface area contributed by atoms with Crippen LogP contribution in [0.15, 0.2) is 30.3 Å². The summed E-state index contributed by atoms with van der Waals surface area (Å²) in [5.74, 6) is 0.711. The van der Waals surface area contributed by atoms with Gasteiger partial charge in [-0.3, -0.25) is 9.59 Å². The Morgan fingerprint density at radius 3 is 2.42 bits per heavy atom. The number of nitrogens with one attached hydrogen (secondary N) is 1. The molecule has 1 saturated heterocycles. The molecule has 1 aromatic rings. The maximum Gasteiger partial charge on any atom is 0.293 e. The van der Waals surface area contributed by atoms with Crippen LogP contribution in [-0.2, 0) is 20.9 Å².